The molecule has 2 rings (SSSR count). The number of halogens is 1. The molecule has 1 aromatic rings. The van der Waals surface area contributed by atoms with Gasteiger partial charge in [0, 0.05) is 12.3 Å². The van der Waals surface area contributed by atoms with Gasteiger partial charge < -0.3 is 9.64 Å². The number of rotatable bonds is 8. The van der Waals surface area contributed by atoms with Crippen molar-refractivity contribution in [2.45, 2.75) is 64.5 Å². The van der Waals surface area contributed by atoms with E-state index in [1.54, 1.807) is 12.1 Å². The number of anilines is 1. The topological polar surface area (TPSA) is 29.5 Å². The minimum atomic E-state index is -0.281. The summed E-state index contributed by atoms with van der Waals surface area (Å²) < 4.78 is 18.9. The number of hydrogen-bond donors (Lipinski definition) is 0. The van der Waals surface area contributed by atoms with Gasteiger partial charge in [-0.05, 0) is 37.6 Å². The molecule has 1 saturated heterocycles. The van der Waals surface area contributed by atoms with Crippen molar-refractivity contribution in [2.75, 3.05) is 11.5 Å². The summed E-state index contributed by atoms with van der Waals surface area (Å²) in [4.78, 5) is 14.2. The van der Waals surface area contributed by atoms with Crippen molar-refractivity contribution in [1.29, 1.82) is 0 Å². The Morgan fingerprint density at radius 3 is 2.55 bits per heavy atom. The summed E-state index contributed by atoms with van der Waals surface area (Å²) >= 11 is 0. The van der Waals surface area contributed by atoms with Crippen LogP contribution < -0.4 is 4.90 Å². The molecule has 1 aliphatic rings. The van der Waals surface area contributed by atoms with E-state index in [1.165, 1.54) is 31.4 Å². The second-order valence-corrected chi connectivity index (χ2v) is 5.85. The Morgan fingerprint density at radius 1 is 1.18 bits per heavy atom. The minimum Gasteiger partial charge on any atom is -0.376 e. The molecule has 0 aliphatic carbocycles. The highest BCUT2D eigenvalue weighted by Crippen LogP contribution is 2.31. The molecule has 0 N–H and O–H groups in total. The number of benzene rings is 1. The molecule has 22 heavy (non-hydrogen) atoms. The number of carbonyl (C=O) groups is 1. The lowest BCUT2D eigenvalue weighted by molar-refractivity contribution is -0.117. The van der Waals surface area contributed by atoms with Crippen molar-refractivity contribution in [3.8, 4) is 0 Å². The standard InChI is InChI=1S/C18H26FNO2/c1-3-5-6-7-8-16-17(22-4-2)13-18(21)20(16)15-11-9-14(19)10-12-15/h9-12,16-17H,3-8,13H2,1-2H3. The highest BCUT2D eigenvalue weighted by atomic mass is 19.1. The van der Waals surface area contributed by atoms with E-state index >= 15 is 0 Å². The summed E-state index contributed by atoms with van der Waals surface area (Å²) in [5, 5.41) is 0. The van der Waals surface area contributed by atoms with Crippen molar-refractivity contribution in [1.82, 2.24) is 0 Å². The molecule has 1 aliphatic heterocycles. The summed E-state index contributed by atoms with van der Waals surface area (Å²) in [6, 6.07) is 6.24. The first-order valence-electron chi connectivity index (χ1n) is 8.36. The van der Waals surface area contributed by atoms with Gasteiger partial charge in [0.15, 0.2) is 0 Å². The van der Waals surface area contributed by atoms with Crippen LogP contribution in [-0.2, 0) is 9.53 Å². The highest BCUT2D eigenvalue weighted by Gasteiger charge is 2.40. The first-order valence-corrected chi connectivity index (χ1v) is 8.36. The van der Waals surface area contributed by atoms with Crippen LogP contribution in [0.25, 0.3) is 0 Å². The third kappa shape index (κ3) is 4.07. The van der Waals surface area contributed by atoms with Gasteiger partial charge in [0.25, 0.3) is 0 Å². The Hall–Kier alpha value is -1.42. The summed E-state index contributed by atoms with van der Waals surface area (Å²) in [5.41, 5.74) is 0.772. The summed E-state index contributed by atoms with van der Waals surface area (Å²) in [5.74, 6) is -0.207. The molecule has 0 saturated carbocycles. The molecule has 1 amide bonds. The van der Waals surface area contributed by atoms with Gasteiger partial charge in [-0.15, -0.1) is 0 Å². The van der Waals surface area contributed by atoms with E-state index < -0.39 is 0 Å². The normalized spacial score (nSPS) is 21.6. The quantitative estimate of drug-likeness (QED) is 0.670. The number of unbranched alkanes of at least 4 members (excludes halogenated alkanes) is 3. The Bertz CT molecular complexity index is 474. The molecule has 0 bridgehead atoms. The molecule has 1 heterocycles. The van der Waals surface area contributed by atoms with E-state index in [2.05, 4.69) is 6.92 Å². The smallest absolute Gasteiger partial charge is 0.230 e. The molecule has 0 aromatic heterocycles. The van der Waals surface area contributed by atoms with E-state index in [4.69, 9.17) is 4.74 Å². The zero-order valence-corrected chi connectivity index (χ0v) is 13.6. The van der Waals surface area contributed by atoms with Gasteiger partial charge in [-0.2, -0.15) is 0 Å². The van der Waals surface area contributed by atoms with Gasteiger partial charge in [0.2, 0.25) is 5.91 Å². The average Bonchev–Trinajstić information content (AvgIpc) is 2.81. The summed E-state index contributed by atoms with van der Waals surface area (Å²) in [6.07, 6.45) is 5.99. The number of nitrogens with zero attached hydrogens (tertiary/aromatic N) is 1. The lowest BCUT2D eigenvalue weighted by atomic mass is 10.0. The number of amides is 1. The van der Waals surface area contributed by atoms with Crippen molar-refractivity contribution in [3.05, 3.63) is 30.1 Å². The maximum atomic E-state index is 13.1. The van der Waals surface area contributed by atoms with E-state index in [0.717, 1.165) is 18.5 Å². The van der Waals surface area contributed by atoms with Crippen LogP contribution in [0.4, 0.5) is 10.1 Å². The van der Waals surface area contributed by atoms with Crippen LogP contribution in [0.15, 0.2) is 24.3 Å². The van der Waals surface area contributed by atoms with Crippen molar-refractivity contribution >= 4 is 11.6 Å². The zero-order chi connectivity index (χ0) is 15.9. The van der Waals surface area contributed by atoms with E-state index in [1.807, 2.05) is 11.8 Å². The highest BCUT2D eigenvalue weighted by molar-refractivity contribution is 5.97. The molecule has 2 unspecified atom stereocenters. The second-order valence-electron chi connectivity index (χ2n) is 5.85. The number of carbonyl (C=O) groups excluding carboxylic acids is 1. The van der Waals surface area contributed by atoms with Crippen LogP contribution in [0.2, 0.25) is 0 Å². The van der Waals surface area contributed by atoms with Crippen LogP contribution in [0.1, 0.15) is 52.4 Å². The summed E-state index contributed by atoms with van der Waals surface area (Å²) in [6.45, 7) is 4.76. The molecule has 3 nitrogen and oxygen atoms in total. The first-order chi connectivity index (χ1) is 10.7. The number of hydrogen-bond acceptors (Lipinski definition) is 2. The minimum absolute atomic E-state index is 0.0517. The third-order valence-electron chi connectivity index (χ3n) is 4.24. The largest absolute Gasteiger partial charge is 0.376 e. The van der Waals surface area contributed by atoms with Crippen molar-refractivity contribution in [2.24, 2.45) is 0 Å². The van der Waals surface area contributed by atoms with Crippen LogP contribution in [0.3, 0.4) is 0 Å². The Morgan fingerprint density at radius 2 is 1.91 bits per heavy atom. The maximum absolute atomic E-state index is 13.1. The van der Waals surface area contributed by atoms with E-state index in [9.17, 15) is 9.18 Å². The van der Waals surface area contributed by atoms with Crippen molar-refractivity contribution < 1.29 is 13.9 Å². The van der Waals surface area contributed by atoms with Gasteiger partial charge in [-0.1, -0.05) is 32.6 Å². The van der Waals surface area contributed by atoms with Crippen LogP contribution in [-0.4, -0.2) is 24.7 Å². The maximum Gasteiger partial charge on any atom is 0.230 e. The first kappa shape index (κ1) is 16.9. The van der Waals surface area contributed by atoms with Crippen LogP contribution in [0, 0.1) is 5.82 Å². The monoisotopic (exact) mass is 307 g/mol. The van der Waals surface area contributed by atoms with Gasteiger partial charge in [0.05, 0.1) is 18.6 Å². The molecule has 0 radical (unpaired) electrons. The fourth-order valence-electron chi connectivity index (χ4n) is 3.17. The molecule has 1 fully saturated rings. The van der Waals surface area contributed by atoms with E-state index in [-0.39, 0.29) is 23.9 Å². The third-order valence-corrected chi connectivity index (χ3v) is 4.24. The molecule has 122 valence electrons. The second kappa shape index (κ2) is 8.28. The Labute approximate surface area is 132 Å². The molecule has 4 heteroatoms. The average molecular weight is 307 g/mol. The summed E-state index contributed by atoms with van der Waals surface area (Å²) in [7, 11) is 0. The lowest BCUT2D eigenvalue weighted by Gasteiger charge is -2.28. The fraction of sp³-hybridized carbons (Fsp3) is 0.611. The zero-order valence-electron chi connectivity index (χ0n) is 13.6. The fourth-order valence-corrected chi connectivity index (χ4v) is 3.17. The number of ether oxygens (including phenoxy) is 1. The van der Waals surface area contributed by atoms with Gasteiger partial charge in [-0.25, -0.2) is 4.39 Å². The SMILES string of the molecule is CCCCCCC1C(OCC)CC(=O)N1c1ccc(F)cc1. The molecular weight excluding hydrogens is 281 g/mol. The Balaban J connectivity index is 2.12. The van der Waals surface area contributed by atoms with Crippen LogP contribution in [0.5, 0.6) is 0 Å². The molecule has 2 atom stereocenters. The van der Waals surface area contributed by atoms with Gasteiger partial charge >= 0.3 is 0 Å². The van der Waals surface area contributed by atoms with E-state index in [0.29, 0.717) is 13.0 Å². The molecule has 0 spiro atoms. The van der Waals surface area contributed by atoms with Gasteiger partial charge in [-0.3, -0.25) is 4.79 Å². The molecule has 1 aromatic carbocycles. The van der Waals surface area contributed by atoms with Crippen molar-refractivity contribution in [3.63, 3.8) is 0 Å². The predicted octanol–water partition coefficient (Wildman–Crippen LogP) is 4.31. The molecular formula is C18H26FNO2. The van der Waals surface area contributed by atoms with Crippen LogP contribution >= 0.6 is 0 Å². The lowest BCUT2D eigenvalue weighted by Crippen LogP contribution is -2.38. The van der Waals surface area contributed by atoms with Gasteiger partial charge in [0.1, 0.15) is 5.82 Å². The Kier molecular flexibility index (Phi) is 6.37. The predicted molar refractivity (Wildman–Crippen MR) is 86.5 cm³/mol.